The Kier molecular flexibility index (Phi) is 8.78. The monoisotopic (exact) mass is 225 g/mol. The third kappa shape index (κ3) is 6.54. The van der Waals surface area contributed by atoms with Crippen molar-refractivity contribution < 1.29 is 9.27 Å². The van der Waals surface area contributed by atoms with E-state index in [2.05, 4.69) is 42.9 Å². The molecule has 1 aromatic rings. The van der Waals surface area contributed by atoms with Gasteiger partial charge in [-0.05, 0) is 18.9 Å². The molecule has 0 saturated carbocycles. The van der Waals surface area contributed by atoms with Gasteiger partial charge in [0.05, 0.1) is 0 Å². The minimum absolute atomic E-state index is 0. The molecule has 0 amide bonds. The van der Waals surface area contributed by atoms with Crippen molar-refractivity contribution in [1.29, 1.82) is 0 Å². The molecule has 0 aliphatic heterocycles. The summed E-state index contributed by atoms with van der Waals surface area (Å²) >= 11 is 0. The molecule has 0 aliphatic rings. The van der Waals surface area contributed by atoms with Crippen molar-refractivity contribution in [3.8, 4) is 0 Å². The van der Waals surface area contributed by atoms with Gasteiger partial charge in [0.1, 0.15) is 6.54 Å². The van der Waals surface area contributed by atoms with Crippen LogP contribution in [0.15, 0.2) is 24.5 Å². The van der Waals surface area contributed by atoms with Crippen LogP contribution in [0.3, 0.4) is 0 Å². The summed E-state index contributed by atoms with van der Waals surface area (Å²) in [5.74, 6) is 0. The van der Waals surface area contributed by atoms with Crippen LogP contribution in [-0.4, -0.2) is 0 Å². The van der Waals surface area contributed by atoms with E-state index in [0.717, 1.165) is 0 Å². The Balaban J connectivity index is 0.00000225. The lowest BCUT2D eigenvalue weighted by Gasteiger charge is -1.99. The highest BCUT2D eigenvalue weighted by atomic mass is 19.0. The molecule has 16 heavy (non-hydrogen) atoms. The Morgan fingerprint density at radius 2 is 1.50 bits per heavy atom. The summed E-state index contributed by atoms with van der Waals surface area (Å²) in [5.41, 5.74) is 1.34. The maximum absolute atomic E-state index is 2.28. The SMILES string of the molecule is CCCCCCCC[n+]1ccc(C)cc1.[F-]. The number of nitrogens with zero attached hydrogens (tertiary/aromatic N) is 1. The molecule has 1 rings (SSSR count). The molecule has 0 aromatic carbocycles. The van der Waals surface area contributed by atoms with Gasteiger partial charge in [-0.1, -0.05) is 32.6 Å². The van der Waals surface area contributed by atoms with E-state index in [1.807, 2.05) is 0 Å². The molecular formula is C14H24FN. The van der Waals surface area contributed by atoms with Crippen LogP contribution in [0.1, 0.15) is 51.0 Å². The van der Waals surface area contributed by atoms with Gasteiger partial charge in [0.2, 0.25) is 0 Å². The number of unbranched alkanes of at least 4 members (excludes halogenated alkanes) is 5. The molecule has 0 saturated heterocycles. The van der Waals surface area contributed by atoms with Crippen molar-refractivity contribution >= 4 is 0 Å². The number of aryl methyl sites for hydroxylation is 2. The first-order chi connectivity index (χ1) is 7.33. The zero-order valence-corrected chi connectivity index (χ0v) is 10.6. The Hall–Kier alpha value is -0.920. The maximum atomic E-state index is 2.28. The van der Waals surface area contributed by atoms with Crippen LogP contribution in [0.2, 0.25) is 0 Å². The molecule has 1 aromatic heterocycles. The minimum Gasteiger partial charge on any atom is -1.00 e. The Morgan fingerprint density at radius 1 is 0.938 bits per heavy atom. The average Bonchev–Trinajstić information content (AvgIpc) is 2.26. The van der Waals surface area contributed by atoms with Crippen molar-refractivity contribution in [3.63, 3.8) is 0 Å². The van der Waals surface area contributed by atoms with Gasteiger partial charge < -0.3 is 4.70 Å². The summed E-state index contributed by atoms with van der Waals surface area (Å²) in [4.78, 5) is 0. The lowest BCUT2D eigenvalue weighted by Crippen LogP contribution is -3.00. The summed E-state index contributed by atoms with van der Waals surface area (Å²) in [7, 11) is 0. The van der Waals surface area contributed by atoms with Crippen molar-refractivity contribution in [2.24, 2.45) is 0 Å². The number of hydrogen-bond donors (Lipinski definition) is 0. The van der Waals surface area contributed by atoms with Crippen LogP contribution in [0.25, 0.3) is 0 Å². The van der Waals surface area contributed by atoms with Gasteiger partial charge in [0, 0.05) is 18.6 Å². The van der Waals surface area contributed by atoms with Crippen LogP contribution in [0.4, 0.5) is 0 Å². The number of hydrogen-bond acceptors (Lipinski definition) is 0. The van der Waals surface area contributed by atoms with Gasteiger partial charge in [0.25, 0.3) is 0 Å². The van der Waals surface area contributed by atoms with Crippen LogP contribution in [-0.2, 0) is 6.54 Å². The second-order valence-electron chi connectivity index (χ2n) is 4.38. The van der Waals surface area contributed by atoms with E-state index >= 15 is 0 Å². The Labute approximate surface area is 98.9 Å². The number of aromatic nitrogens is 1. The summed E-state index contributed by atoms with van der Waals surface area (Å²) in [6.45, 7) is 5.57. The smallest absolute Gasteiger partial charge is 0.169 e. The number of pyridine rings is 1. The topological polar surface area (TPSA) is 3.88 Å². The van der Waals surface area contributed by atoms with Crippen LogP contribution in [0.5, 0.6) is 0 Å². The Morgan fingerprint density at radius 3 is 2.12 bits per heavy atom. The molecule has 92 valence electrons. The number of rotatable bonds is 7. The summed E-state index contributed by atoms with van der Waals surface area (Å²) in [6, 6.07) is 4.36. The lowest BCUT2D eigenvalue weighted by atomic mass is 10.1. The lowest BCUT2D eigenvalue weighted by molar-refractivity contribution is -0.697. The predicted molar refractivity (Wildman–Crippen MR) is 64.8 cm³/mol. The van der Waals surface area contributed by atoms with Gasteiger partial charge in [-0.25, -0.2) is 4.57 Å². The quantitative estimate of drug-likeness (QED) is 0.474. The van der Waals surface area contributed by atoms with Crippen LogP contribution >= 0.6 is 0 Å². The first-order valence-electron chi connectivity index (χ1n) is 6.28. The van der Waals surface area contributed by atoms with Crippen molar-refractivity contribution in [3.05, 3.63) is 30.1 Å². The minimum atomic E-state index is 0. The third-order valence-corrected chi connectivity index (χ3v) is 2.83. The fourth-order valence-electron chi connectivity index (χ4n) is 1.76. The molecule has 0 fully saturated rings. The summed E-state index contributed by atoms with van der Waals surface area (Å²) in [6.07, 6.45) is 12.6. The van der Waals surface area contributed by atoms with Crippen molar-refractivity contribution in [2.75, 3.05) is 0 Å². The highest BCUT2D eigenvalue weighted by molar-refractivity contribution is 5.03. The zero-order chi connectivity index (χ0) is 10.9. The molecule has 0 N–H and O–H groups in total. The standard InChI is InChI=1S/C14H24N.FH/c1-3-4-5-6-7-8-11-15-12-9-14(2)10-13-15;/h9-10,12-13H,3-8,11H2,1-2H3;1H/q+1;/p-1. The van der Waals surface area contributed by atoms with E-state index in [1.165, 1.54) is 50.6 Å². The molecule has 2 heteroatoms. The second kappa shape index (κ2) is 9.32. The van der Waals surface area contributed by atoms with Gasteiger partial charge in [-0.15, -0.1) is 0 Å². The van der Waals surface area contributed by atoms with E-state index in [1.54, 1.807) is 0 Å². The third-order valence-electron chi connectivity index (χ3n) is 2.83. The molecule has 0 radical (unpaired) electrons. The highest BCUT2D eigenvalue weighted by Crippen LogP contribution is 2.04. The molecular weight excluding hydrogens is 201 g/mol. The normalized spacial score (nSPS) is 9.88. The van der Waals surface area contributed by atoms with E-state index in [-0.39, 0.29) is 4.70 Å². The molecule has 0 atom stereocenters. The fraction of sp³-hybridized carbons (Fsp3) is 0.643. The van der Waals surface area contributed by atoms with Crippen LogP contribution < -0.4 is 9.27 Å². The van der Waals surface area contributed by atoms with Gasteiger partial charge in [-0.2, -0.15) is 0 Å². The fourth-order valence-corrected chi connectivity index (χ4v) is 1.76. The average molecular weight is 225 g/mol. The van der Waals surface area contributed by atoms with Gasteiger partial charge in [0.15, 0.2) is 12.4 Å². The number of halogens is 1. The molecule has 0 bridgehead atoms. The summed E-state index contributed by atoms with van der Waals surface area (Å²) < 4.78 is 2.28. The van der Waals surface area contributed by atoms with Crippen molar-refractivity contribution in [2.45, 2.75) is 58.9 Å². The zero-order valence-electron chi connectivity index (χ0n) is 10.6. The Bertz CT molecular complexity index is 256. The largest absolute Gasteiger partial charge is 1.00 e. The van der Waals surface area contributed by atoms with Gasteiger partial charge >= 0.3 is 0 Å². The molecule has 0 unspecified atom stereocenters. The van der Waals surface area contributed by atoms with Crippen LogP contribution in [0, 0.1) is 6.92 Å². The van der Waals surface area contributed by atoms with E-state index in [4.69, 9.17) is 0 Å². The molecule has 1 nitrogen and oxygen atoms in total. The first-order valence-corrected chi connectivity index (χ1v) is 6.28. The van der Waals surface area contributed by atoms with E-state index < -0.39 is 0 Å². The van der Waals surface area contributed by atoms with Gasteiger partial charge in [-0.3, -0.25) is 0 Å². The van der Waals surface area contributed by atoms with E-state index in [9.17, 15) is 0 Å². The molecule has 0 spiro atoms. The summed E-state index contributed by atoms with van der Waals surface area (Å²) in [5, 5.41) is 0. The van der Waals surface area contributed by atoms with Crippen molar-refractivity contribution in [1.82, 2.24) is 0 Å². The second-order valence-corrected chi connectivity index (χ2v) is 4.38. The molecule has 1 heterocycles. The van der Waals surface area contributed by atoms with E-state index in [0.29, 0.717) is 0 Å². The highest BCUT2D eigenvalue weighted by Gasteiger charge is 1.98. The molecule has 0 aliphatic carbocycles. The maximum Gasteiger partial charge on any atom is 0.169 e. The first kappa shape index (κ1) is 15.1. The predicted octanol–water partition coefficient (Wildman–Crippen LogP) is 0.647.